The number of hydrogen-bond donors (Lipinski definition) is 2. The van der Waals surface area contributed by atoms with Crippen molar-refractivity contribution in [3.63, 3.8) is 0 Å². The van der Waals surface area contributed by atoms with E-state index in [9.17, 15) is 4.79 Å². The third kappa shape index (κ3) is 5.75. The number of nitrogen functional groups attached to an aromatic ring is 1. The van der Waals surface area contributed by atoms with Crippen LogP contribution in [0.2, 0.25) is 0 Å². The van der Waals surface area contributed by atoms with Gasteiger partial charge in [-0.15, -0.1) is 0 Å². The average molecular weight is 509 g/mol. The van der Waals surface area contributed by atoms with Crippen LogP contribution < -0.4 is 11.1 Å². The molecule has 0 saturated heterocycles. The van der Waals surface area contributed by atoms with Crippen molar-refractivity contribution >= 4 is 44.9 Å². The Balaban J connectivity index is 0.00000156. The minimum Gasteiger partial charge on any atom is -0.399 e. The minimum atomic E-state index is -0.126. The molecule has 0 saturated carbocycles. The molecule has 1 amide bonds. The van der Waals surface area contributed by atoms with E-state index in [-0.39, 0.29) is 12.3 Å². The number of carbonyl (C=O) groups excluding carboxylic acids is 1. The van der Waals surface area contributed by atoms with Crippen LogP contribution in [0.3, 0.4) is 0 Å². The Labute approximate surface area is 222 Å². The highest BCUT2D eigenvalue weighted by atomic mass is 32.2. The Kier molecular flexibility index (Phi) is 8.41. The lowest BCUT2D eigenvalue weighted by Gasteiger charge is -2.21. The number of hydrogen-bond acceptors (Lipinski definition) is 5. The highest BCUT2D eigenvalue weighted by Crippen LogP contribution is 2.38. The van der Waals surface area contributed by atoms with E-state index in [0.717, 1.165) is 56.7 Å². The van der Waals surface area contributed by atoms with Crippen LogP contribution in [0.25, 0.3) is 26.9 Å². The molecule has 1 aliphatic carbocycles. The first-order chi connectivity index (χ1) is 18.1. The second-order valence-corrected chi connectivity index (χ2v) is 9.49. The minimum absolute atomic E-state index is 0.126. The summed E-state index contributed by atoms with van der Waals surface area (Å²) >= 11 is 1.46. The highest BCUT2D eigenvalue weighted by molar-refractivity contribution is 8.10. The van der Waals surface area contributed by atoms with Gasteiger partial charge in [-0.3, -0.25) is 4.79 Å². The summed E-state index contributed by atoms with van der Waals surface area (Å²) in [6.07, 6.45) is 3.80. The van der Waals surface area contributed by atoms with Gasteiger partial charge in [-0.05, 0) is 59.2 Å². The molecule has 0 aliphatic heterocycles. The predicted octanol–water partition coefficient (Wildman–Crippen LogP) is 7.42. The second kappa shape index (κ2) is 11.9. The van der Waals surface area contributed by atoms with E-state index in [0.29, 0.717) is 11.5 Å². The van der Waals surface area contributed by atoms with E-state index < -0.39 is 0 Å². The highest BCUT2D eigenvalue weighted by Gasteiger charge is 2.24. The van der Waals surface area contributed by atoms with E-state index in [1.807, 2.05) is 69.3 Å². The smallest absolute Gasteiger partial charge is 0.230 e. The van der Waals surface area contributed by atoms with Crippen LogP contribution >= 0.6 is 11.8 Å². The van der Waals surface area contributed by atoms with E-state index in [2.05, 4.69) is 30.1 Å². The number of aromatic nitrogens is 2. The summed E-state index contributed by atoms with van der Waals surface area (Å²) in [6, 6.07) is 20.1. The van der Waals surface area contributed by atoms with Crippen LogP contribution in [0.15, 0.2) is 78.7 Å². The SMILES string of the molecule is C=CS/C(=C\C)c1nc2c(nc1NC(=O)Cc1ccc3ccccc3c1)CCc1cc(N)ccc1-2.CC. The molecule has 1 heterocycles. The molecule has 0 atom stereocenters. The van der Waals surface area contributed by atoms with E-state index >= 15 is 0 Å². The van der Waals surface area contributed by atoms with Gasteiger partial charge in [0.1, 0.15) is 5.69 Å². The monoisotopic (exact) mass is 508 g/mol. The first kappa shape index (κ1) is 26.2. The Bertz CT molecular complexity index is 1490. The largest absolute Gasteiger partial charge is 0.399 e. The van der Waals surface area contributed by atoms with E-state index in [1.54, 1.807) is 5.41 Å². The summed E-state index contributed by atoms with van der Waals surface area (Å²) in [6.45, 7) is 9.80. The Morgan fingerprint density at radius 2 is 1.84 bits per heavy atom. The molecule has 0 radical (unpaired) electrons. The fourth-order valence-corrected chi connectivity index (χ4v) is 5.05. The number of nitrogens with zero attached hydrogens (tertiary/aromatic N) is 2. The zero-order chi connectivity index (χ0) is 26.4. The van der Waals surface area contributed by atoms with Crippen LogP contribution in [-0.4, -0.2) is 15.9 Å². The molecule has 4 aromatic rings. The molecule has 0 spiro atoms. The molecule has 0 bridgehead atoms. The van der Waals surface area contributed by atoms with Crippen LogP contribution in [0.5, 0.6) is 0 Å². The van der Waals surface area contributed by atoms with Crippen LogP contribution in [0.4, 0.5) is 11.5 Å². The summed E-state index contributed by atoms with van der Waals surface area (Å²) in [5.41, 5.74) is 12.3. The Morgan fingerprint density at radius 3 is 2.59 bits per heavy atom. The van der Waals surface area contributed by atoms with Crippen molar-refractivity contribution in [2.75, 3.05) is 11.1 Å². The van der Waals surface area contributed by atoms with Crippen LogP contribution in [-0.2, 0) is 24.1 Å². The summed E-state index contributed by atoms with van der Waals surface area (Å²) in [5, 5.41) is 7.07. The lowest BCUT2D eigenvalue weighted by Crippen LogP contribution is -2.19. The maximum absolute atomic E-state index is 13.1. The van der Waals surface area contributed by atoms with Gasteiger partial charge in [0.05, 0.1) is 17.8 Å². The number of anilines is 2. The van der Waals surface area contributed by atoms with Crippen molar-refractivity contribution in [3.8, 4) is 11.3 Å². The fourth-order valence-electron chi connectivity index (χ4n) is 4.48. The molecule has 1 aromatic heterocycles. The maximum atomic E-state index is 13.1. The fraction of sp³-hybridized carbons (Fsp3) is 0.194. The molecular formula is C31H32N4OS. The predicted molar refractivity (Wildman–Crippen MR) is 158 cm³/mol. The molecule has 5 nitrogen and oxygen atoms in total. The average Bonchev–Trinajstić information content (AvgIpc) is 2.92. The number of rotatable bonds is 6. The van der Waals surface area contributed by atoms with Crippen molar-refractivity contribution in [2.45, 2.75) is 40.0 Å². The standard InChI is InChI=1S/C29H26N4OS.C2H6/c1-3-25(35-4-2)28-29(31-24-14-11-21-17-22(30)12-13-23(21)27(24)33-28)32-26(34)16-18-9-10-19-7-5-6-8-20(19)15-18;1-2/h3-10,12-13,15,17H,2,11,14,16,30H2,1H3,(H,31,32,34);1-2H3/b25-3-;. The van der Waals surface area contributed by atoms with Gasteiger partial charge in [0.2, 0.25) is 5.91 Å². The Morgan fingerprint density at radius 1 is 1.05 bits per heavy atom. The van der Waals surface area contributed by atoms with Crippen LogP contribution in [0.1, 0.15) is 43.3 Å². The topological polar surface area (TPSA) is 80.9 Å². The first-order valence-corrected chi connectivity index (χ1v) is 13.4. The van der Waals surface area contributed by atoms with Crippen LogP contribution in [0, 0.1) is 0 Å². The van der Waals surface area contributed by atoms with Crippen molar-refractivity contribution in [1.29, 1.82) is 0 Å². The maximum Gasteiger partial charge on any atom is 0.230 e. The van der Waals surface area contributed by atoms with Gasteiger partial charge in [-0.1, -0.05) is 86.8 Å². The molecule has 1 aliphatic rings. The number of allylic oxidation sites excluding steroid dienone is 1. The van der Waals surface area contributed by atoms with Gasteiger partial charge in [-0.2, -0.15) is 0 Å². The molecule has 3 N–H and O–H groups in total. The molecule has 3 aromatic carbocycles. The van der Waals surface area contributed by atoms with E-state index in [1.165, 1.54) is 17.3 Å². The number of thioether (sulfide) groups is 1. The molecule has 188 valence electrons. The number of nitrogens with two attached hydrogens (primary N) is 1. The van der Waals surface area contributed by atoms with Gasteiger partial charge in [-0.25, -0.2) is 9.97 Å². The van der Waals surface area contributed by atoms with Crippen molar-refractivity contribution in [1.82, 2.24) is 9.97 Å². The summed E-state index contributed by atoms with van der Waals surface area (Å²) in [4.78, 5) is 23.9. The third-order valence-electron chi connectivity index (χ3n) is 6.13. The number of carbonyl (C=O) groups is 1. The normalized spacial score (nSPS) is 12.1. The molecule has 37 heavy (non-hydrogen) atoms. The Hall–Kier alpha value is -3.90. The van der Waals surface area contributed by atoms with Gasteiger partial charge in [0.25, 0.3) is 0 Å². The van der Waals surface area contributed by atoms with Gasteiger partial charge in [0.15, 0.2) is 5.82 Å². The van der Waals surface area contributed by atoms with Crippen molar-refractivity contribution < 1.29 is 4.79 Å². The molecule has 0 fully saturated rings. The summed E-state index contributed by atoms with van der Waals surface area (Å²) in [7, 11) is 0. The lowest BCUT2D eigenvalue weighted by atomic mass is 9.91. The molecular weight excluding hydrogens is 476 g/mol. The number of amides is 1. The molecule has 5 rings (SSSR count). The first-order valence-electron chi connectivity index (χ1n) is 12.6. The quantitative estimate of drug-likeness (QED) is 0.265. The van der Waals surface area contributed by atoms with Gasteiger partial charge < -0.3 is 11.1 Å². The van der Waals surface area contributed by atoms with Crippen molar-refractivity contribution in [2.24, 2.45) is 0 Å². The molecule has 6 heteroatoms. The zero-order valence-corrected chi connectivity index (χ0v) is 22.4. The third-order valence-corrected chi connectivity index (χ3v) is 6.98. The number of nitrogens with one attached hydrogen (secondary N) is 1. The van der Waals surface area contributed by atoms with Crippen molar-refractivity contribution in [3.05, 3.63) is 101 Å². The molecule has 0 unspecified atom stereocenters. The van der Waals surface area contributed by atoms with Gasteiger partial charge in [0, 0.05) is 16.2 Å². The number of fused-ring (bicyclic) bond motifs is 4. The summed E-state index contributed by atoms with van der Waals surface area (Å²) < 4.78 is 0. The lowest BCUT2D eigenvalue weighted by molar-refractivity contribution is -0.115. The number of benzene rings is 3. The van der Waals surface area contributed by atoms with Gasteiger partial charge >= 0.3 is 0 Å². The van der Waals surface area contributed by atoms with E-state index in [4.69, 9.17) is 15.7 Å². The summed E-state index contributed by atoms with van der Waals surface area (Å²) in [5.74, 6) is 0.356. The zero-order valence-electron chi connectivity index (χ0n) is 21.5. The number of aryl methyl sites for hydroxylation is 2. The second-order valence-electron chi connectivity index (χ2n) is 8.48.